The number of nitrogens with zero attached hydrogens (tertiary/aromatic N) is 1. The maximum absolute atomic E-state index is 11.8. The fourth-order valence-corrected chi connectivity index (χ4v) is 3.86. The molecule has 2 amide bonds. The Labute approximate surface area is 170 Å². The van der Waals surface area contributed by atoms with E-state index in [9.17, 15) is 9.59 Å². The van der Waals surface area contributed by atoms with E-state index in [0.29, 0.717) is 26.6 Å². The van der Waals surface area contributed by atoms with Gasteiger partial charge in [0.05, 0.1) is 12.8 Å². The fourth-order valence-electron chi connectivity index (χ4n) is 2.89. The van der Waals surface area contributed by atoms with E-state index < -0.39 is 6.03 Å². The first-order valence-electron chi connectivity index (χ1n) is 8.40. The number of H-pyrrole nitrogens is 1. The van der Waals surface area contributed by atoms with Gasteiger partial charge in [0.25, 0.3) is 0 Å². The lowest BCUT2D eigenvalue weighted by molar-refractivity contribution is -0.140. The molecule has 4 N–H and O–H groups in total. The lowest BCUT2D eigenvalue weighted by Gasteiger charge is -2.17. The molecule has 0 aliphatic heterocycles. The molecule has 0 aliphatic rings. The Balaban J connectivity index is 2.22. The normalized spacial score (nSPS) is 10.5. The van der Waals surface area contributed by atoms with Crippen LogP contribution in [0.1, 0.15) is 12.0 Å². The number of carbonyl (C=O) groups is 2. The average molecular weight is 415 g/mol. The molecule has 0 unspecified atom stereocenters. The highest BCUT2D eigenvalue weighted by atomic mass is 32.1. The predicted octanol–water partition coefficient (Wildman–Crippen LogP) is 4.13. The summed E-state index contributed by atoms with van der Waals surface area (Å²) in [7, 11) is 1.35. The van der Waals surface area contributed by atoms with Crippen LogP contribution in [0.25, 0.3) is 21.7 Å². The number of benzene rings is 2. The summed E-state index contributed by atoms with van der Waals surface area (Å²) in [5.74, 6) is -0.322. The monoisotopic (exact) mass is 414 g/mol. The molecule has 0 aliphatic carbocycles. The zero-order valence-corrected chi connectivity index (χ0v) is 16.7. The fraction of sp³-hybridized carbons (Fsp3) is 0.158. The number of hydrogen-bond acceptors (Lipinski definition) is 6. The Morgan fingerprint density at radius 2 is 2.00 bits per heavy atom. The number of hydrogen-bond donors (Lipinski definition) is 3. The number of ether oxygens (including phenoxy) is 1. The Kier molecular flexibility index (Phi) is 6.17. The van der Waals surface area contributed by atoms with E-state index in [4.69, 9.17) is 22.7 Å². The highest BCUT2D eigenvalue weighted by molar-refractivity contribution is 7.73. The molecule has 28 heavy (non-hydrogen) atoms. The van der Waals surface area contributed by atoms with Gasteiger partial charge in [-0.3, -0.25) is 9.89 Å². The number of methoxy groups -OCH3 is 1. The van der Waals surface area contributed by atoms with Crippen molar-refractivity contribution in [1.29, 1.82) is 0 Å². The van der Waals surface area contributed by atoms with E-state index in [1.807, 2.05) is 42.5 Å². The highest BCUT2D eigenvalue weighted by Crippen LogP contribution is 2.40. The molecule has 0 radical (unpaired) electrons. The van der Waals surface area contributed by atoms with Crippen molar-refractivity contribution in [2.45, 2.75) is 12.8 Å². The molecule has 3 rings (SSSR count). The van der Waals surface area contributed by atoms with E-state index in [-0.39, 0.29) is 12.4 Å². The van der Waals surface area contributed by atoms with Crippen molar-refractivity contribution in [3.63, 3.8) is 0 Å². The number of primary amides is 1. The lowest BCUT2D eigenvalue weighted by atomic mass is 9.94. The minimum atomic E-state index is -0.692. The van der Waals surface area contributed by atoms with Gasteiger partial charge >= 0.3 is 12.0 Å². The summed E-state index contributed by atoms with van der Waals surface area (Å²) in [6, 6.07) is 12.7. The van der Waals surface area contributed by atoms with Crippen LogP contribution in [0, 0.1) is 3.95 Å². The second kappa shape index (κ2) is 8.77. The average Bonchev–Trinajstić information content (AvgIpc) is 3.12. The minimum Gasteiger partial charge on any atom is -0.469 e. The van der Waals surface area contributed by atoms with Crippen molar-refractivity contribution < 1.29 is 14.3 Å². The van der Waals surface area contributed by atoms with Crippen LogP contribution in [0.2, 0.25) is 0 Å². The molecular weight excluding hydrogens is 396 g/mol. The molecule has 1 aromatic heterocycles. The van der Waals surface area contributed by atoms with Crippen molar-refractivity contribution in [3.05, 3.63) is 52.0 Å². The van der Waals surface area contributed by atoms with Crippen LogP contribution in [0.5, 0.6) is 0 Å². The van der Waals surface area contributed by atoms with E-state index in [1.165, 1.54) is 18.4 Å². The van der Waals surface area contributed by atoms with E-state index in [0.717, 1.165) is 16.7 Å². The van der Waals surface area contributed by atoms with Crippen LogP contribution in [-0.4, -0.2) is 29.3 Å². The zero-order valence-electron chi connectivity index (χ0n) is 15.0. The lowest BCUT2D eigenvalue weighted by Crippen LogP contribution is -2.20. The summed E-state index contributed by atoms with van der Waals surface area (Å²) in [6.45, 7) is 0. The number of aromatic nitrogens is 2. The standard InChI is InChI=1S/C19H18N4O3S2/c1-26-14(24)10-8-12-7-9-13(11-5-3-2-4-6-11)16(21-18(20)25)15(12)17-22-23-19(27)28-17/h2-7,9H,8,10H2,1H3,(H,23,27)(H3,20,21,25). The third-order valence-electron chi connectivity index (χ3n) is 4.10. The molecule has 144 valence electrons. The summed E-state index contributed by atoms with van der Waals surface area (Å²) in [5.41, 5.74) is 9.18. The van der Waals surface area contributed by atoms with Crippen molar-refractivity contribution in [1.82, 2.24) is 10.2 Å². The van der Waals surface area contributed by atoms with Crippen molar-refractivity contribution in [2.75, 3.05) is 12.4 Å². The summed E-state index contributed by atoms with van der Waals surface area (Å²) in [6.07, 6.45) is 0.608. The molecule has 7 nitrogen and oxygen atoms in total. The molecule has 0 atom stereocenters. The number of aromatic amines is 1. The SMILES string of the molecule is COC(=O)CCc1ccc(-c2ccccc2)c(NC(N)=O)c1-c1n[nH]c(=S)s1. The first kappa shape index (κ1) is 19.7. The number of anilines is 1. The zero-order chi connectivity index (χ0) is 20.1. The molecule has 0 bridgehead atoms. The predicted molar refractivity (Wildman–Crippen MR) is 112 cm³/mol. The first-order chi connectivity index (χ1) is 13.5. The number of rotatable bonds is 6. The summed E-state index contributed by atoms with van der Waals surface area (Å²) in [5, 5.41) is 10.4. The van der Waals surface area contributed by atoms with Gasteiger partial charge in [0, 0.05) is 17.5 Å². The Morgan fingerprint density at radius 1 is 1.25 bits per heavy atom. The number of nitrogens with one attached hydrogen (secondary N) is 2. The van der Waals surface area contributed by atoms with E-state index >= 15 is 0 Å². The van der Waals surface area contributed by atoms with Gasteiger partial charge in [-0.05, 0) is 29.8 Å². The molecule has 0 saturated heterocycles. The second-order valence-corrected chi connectivity index (χ2v) is 7.54. The maximum Gasteiger partial charge on any atom is 0.316 e. The largest absolute Gasteiger partial charge is 0.469 e. The number of amides is 2. The molecule has 9 heteroatoms. The molecule has 0 fully saturated rings. The van der Waals surface area contributed by atoms with E-state index in [2.05, 4.69) is 15.5 Å². The maximum atomic E-state index is 11.8. The van der Waals surface area contributed by atoms with Gasteiger partial charge < -0.3 is 15.8 Å². The van der Waals surface area contributed by atoms with Gasteiger partial charge in [-0.25, -0.2) is 4.79 Å². The number of urea groups is 1. The highest BCUT2D eigenvalue weighted by Gasteiger charge is 2.20. The molecular formula is C19H18N4O3S2. The van der Waals surface area contributed by atoms with Crippen LogP contribution in [-0.2, 0) is 16.0 Å². The number of carbonyl (C=O) groups excluding carboxylic acids is 2. The Hall–Kier alpha value is -3.04. The van der Waals surface area contributed by atoms with Crippen molar-refractivity contribution in [3.8, 4) is 21.7 Å². The van der Waals surface area contributed by atoms with Gasteiger partial charge in [-0.1, -0.05) is 53.8 Å². The number of aryl methyl sites for hydroxylation is 1. The summed E-state index contributed by atoms with van der Waals surface area (Å²) in [4.78, 5) is 23.4. The number of esters is 1. The first-order valence-corrected chi connectivity index (χ1v) is 9.62. The van der Waals surface area contributed by atoms with Crippen LogP contribution < -0.4 is 11.1 Å². The molecule has 0 saturated carbocycles. The summed E-state index contributed by atoms with van der Waals surface area (Å²) >= 11 is 6.45. The van der Waals surface area contributed by atoms with Gasteiger partial charge in [0.1, 0.15) is 5.01 Å². The minimum absolute atomic E-state index is 0.194. The third kappa shape index (κ3) is 4.44. The topological polar surface area (TPSA) is 110 Å². The number of nitrogens with two attached hydrogens (primary N) is 1. The smallest absolute Gasteiger partial charge is 0.316 e. The second-order valence-electron chi connectivity index (χ2n) is 5.87. The molecule has 0 spiro atoms. The van der Waals surface area contributed by atoms with Crippen LogP contribution >= 0.6 is 23.6 Å². The van der Waals surface area contributed by atoms with Crippen molar-refractivity contribution >= 4 is 41.2 Å². The Bertz CT molecular complexity index is 1060. The molecule has 2 aromatic carbocycles. The van der Waals surface area contributed by atoms with Crippen LogP contribution in [0.3, 0.4) is 0 Å². The van der Waals surface area contributed by atoms with E-state index in [1.54, 1.807) is 0 Å². The van der Waals surface area contributed by atoms with Crippen molar-refractivity contribution in [2.24, 2.45) is 5.73 Å². The summed E-state index contributed by atoms with van der Waals surface area (Å²) < 4.78 is 5.25. The molecule has 3 aromatic rings. The van der Waals surface area contributed by atoms with Gasteiger partial charge in [-0.15, -0.1) is 0 Å². The molecule has 1 heterocycles. The quantitative estimate of drug-likeness (QED) is 0.415. The van der Waals surface area contributed by atoms with Crippen LogP contribution in [0.4, 0.5) is 10.5 Å². The third-order valence-corrected chi connectivity index (χ3v) is 5.21. The van der Waals surface area contributed by atoms with Gasteiger partial charge in [0.2, 0.25) is 0 Å². The Morgan fingerprint density at radius 3 is 2.61 bits per heavy atom. The van der Waals surface area contributed by atoms with Gasteiger partial charge in [0.15, 0.2) is 3.95 Å². The van der Waals surface area contributed by atoms with Gasteiger partial charge in [-0.2, -0.15) is 5.10 Å². The van der Waals surface area contributed by atoms with Crippen LogP contribution in [0.15, 0.2) is 42.5 Å².